The molecule has 0 aromatic carbocycles. The second-order valence-corrected chi connectivity index (χ2v) is 13.5. The number of carbonyl (C=O) groups excluding carboxylic acids is 4. The Bertz CT molecular complexity index is 690. The Morgan fingerprint density at radius 1 is 0.327 bits per heavy atom. The van der Waals surface area contributed by atoms with Crippen LogP contribution in [0.5, 0.6) is 0 Å². The number of aliphatic carboxylic acids is 4. The van der Waals surface area contributed by atoms with Gasteiger partial charge >= 0.3 is 26.2 Å². The van der Waals surface area contributed by atoms with Crippen LogP contribution >= 0.6 is 0 Å². The molecule has 0 fully saturated rings. The van der Waals surface area contributed by atoms with E-state index in [9.17, 15) is 39.6 Å². The fourth-order valence-electron chi connectivity index (χ4n) is 6.04. The van der Waals surface area contributed by atoms with Crippen molar-refractivity contribution < 1.29 is 65.8 Å². The van der Waals surface area contributed by atoms with Gasteiger partial charge in [-0.1, -0.05) is 134 Å². The number of carbonyl (C=O) groups is 4. The molecule has 8 nitrogen and oxygen atoms in total. The van der Waals surface area contributed by atoms with E-state index >= 15 is 0 Å². The fourth-order valence-corrected chi connectivity index (χ4v) is 6.04. The van der Waals surface area contributed by atoms with E-state index in [2.05, 4.69) is 27.7 Å². The summed E-state index contributed by atoms with van der Waals surface area (Å²) in [5, 5.41) is 43.5. The minimum Gasteiger partial charge on any atom is -0.550 e. The third-order valence-corrected chi connectivity index (χ3v) is 11.2. The molecule has 288 valence electrons. The Balaban J connectivity index is -0.000000174. The van der Waals surface area contributed by atoms with Gasteiger partial charge in [0.2, 0.25) is 0 Å². The van der Waals surface area contributed by atoms with Crippen molar-refractivity contribution in [2.75, 3.05) is 0 Å². The first-order chi connectivity index (χ1) is 22.5. The molecule has 0 heterocycles. The minimum absolute atomic E-state index is 0. The van der Waals surface area contributed by atoms with E-state index in [0.717, 1.165) is 77.0 Å². The molecule has 0 bridgehead atoms. The smallest absolute Gasteiger partial charge is 0.550 e. The number of hydrogen-bond donors (Lipinski definition) is 0. The van der Waals surface area contributed by atoms with Gasteiger partial charge in [-0.25, -0.2) is 0 Å². The summed E-state index contributed by atoms with van der Waals surface area (Å²) in [6.45, 7) is 23.7. The van der Waals surface area contributed by atoms with Crippen LogP contribution in [0.1, 0.15) is 212 Å². The van der Waals surface area contributed by atoms with Crippen molar-refractivity contribution in [3.63, 3.8) is 0 Å². The second kappa shape index (κ2) is 32.7. The molecule has 9 heteroatoms. The third-order valence-electron chi connectivity index (χ3n) is 11.2. The van der Waals surface area contributed by atoms with Crippen molar-refractivity contribution in [3.8, 4) is 0 Å². The van der Waals surface area contributed by atoms with E-state index in [0.29, 0.717) is 51.4 Å². The molecule has 0 amide bonds. The maximum Gasteiger partial charge on any atom is 4.00 e. The van der Waals surface area contributed by atoms with E-state index in [1.54, 1.807) is 0 Å². The fraction of sp³-hybridized carbons (Fsp3) is 0.900. The van der Waals surface area contributed by atoms with Crippen LogP contribution in [0.15, 0.2) is 0 Å². The maximum absolute atomic E-state index is 10.9. The van der Waals surface area contributed by atoms with E-state index in [4.69, 9.17) is 0 Å². The molecule has 0 aliphatic rings. The van der Waals surface area contributed by atoms with Crippen LogP contribution in [0.25, 0.3) is 0 Å². The van der Waals surface area contributed by atoms with Crippen molar-refractivity contribution >= 4 is 23.9 Å². The molecule has 0 saturated carbocycles. The van der Waals surface area contributed by atoms with Crippen molar-refractivity contribution in [2.45, 2.75) is 212 Å². The van der Waals surface area contributed by atoms with Crippen molar-refractivity contribution in [2.24, 2.45) is 21.7 Å². The summed E-state index contributed by atoms with van der Waals surface area (Å²) in [5.41, 5.74) is -2.24. The Kier molecular flexibility index (Phi) is 38.1. The summed E-state index contributed by atoms with van der Waals surface area (Å²) in [5.74, 6) is -3.50. The number of carboxylic acid groups (broad SMARTS) is 4. The van der Waals surface area contributed by atoms with Gasteiger partial charge in [0.25, 0.3) is 0 Å². The summed E-state index contributed by atoms with van der Waals surface area (Å²) < 4.78 is 0. The van der Waals surface area contributed by atoms with Gasteiger partial charge in [-0.05, 0) is 77.0 Å². The number of rotatable bonds is 24. The molecule has 0 aromatic heterocycles. The topological polar surface area (TPSA) is 161 Å². The first kappa shape index (κ1) is 57.1. The summed E-state index contributed by atoms with van der Waals surface area (Å²) in [6.07, 6.45) is 16.7. The predicted molar refractivity (Wildman–Crippen MR) is 190 cm³/mol. The Labute approximate surface area is 321 Å². The molecule has 0 unspecified atom stereocenters. The van der Waals surface area contributed by atoms with Crippen LogP contribution < -0.4 is 20.4 Å². The molecule has 0 radical (unpaired) electrons. The first-order valence-electron chi connectivity index (χ1n) is 19.4. The molecule has 0 atom stereocenters. The summed E-state index contributed by atoms with van der Waals surface area (Å²) in [7, 11) is 0. The Morgan fingerprint density at radius 2 is 0.449 bits per heavy atom. The Hall–Kier alpha value is -1.24. The molecular formula is C40H76O8Zr. The van der Waals surface area contributed by atoms with Gasteiger partial charge in [-0.2, -0.15) is 0 Å². The van der Waals surface area contributed by atoms with Gasteiger partial charge in [-0.3, -0.25) is 0 Å². The zero-order valence-electron chi connectivity index (χ0n) is 33.9. The SMILES string of the molecule is CCCCC(CC)(CC)C(=O)[O-].CCCCC(CC)(CC)C(=O)[O-].CCCCC(CC)(CC)C(=O)[O-].CCCCC(CC)(CC)C(=O)[O-].[Zr+4]. The zero-order valence-corrected chi connectivity index (χ0v) is 36.4. The largest absolute Gasteiger partial charge is 4.00 e. The summed E-state index contributed by atoms with van der Waals surface area (Å²) in [4.78, 5) is 43.5. The van der Waals surface area contributed by atoms with Crippen LogP contribution in [0.4, 0.5) is 0 Å². The van der Waals surface area contributed by atoms with Gasteiger partial charge in [0.05, 0.1) is 0 Å². The van der Waals surface area contributed by atoms with E-state index in [-0.39, 0.29) is 26.2 Å². The number of hydrogen-bond acceptors (Lipinski definition) is 8. The maximum atomic E-state index is 10.9. The van der Waals surface area contributed by atoms with Gasteiger partial charge in [0.15, 0.2) is 0 Å². The third kappa shape index (κ3) is 21.0. The molecule has 0 aromatic rings. The monoisotopic (exact) mass is 774 g/mol. The quantitative estimate of drug-likeness (QED) is 0.102. The van der Waals surface area contributed by atoms with E-state index < -0.39 is 45.5 Å². The molecule has 0 saturated heterocycles. The van der Waals surface area contributed by atoms with Gasteiger partial charge in [-0.15, -0.1) is 0 Å². The average molecular weight is 776 g/mol. The van der Waals surface area contributed by atoms with Crippen LogP contribution in [0.3, 0.4) is 0 Å². The molecule has 0 aliphatic carbocycles. The van der Waals surface area contributed by atoms with Crippen molar-refractivity contribution in [1.82, 2.24) is 0 Å². The van der Waals surface area contributed by atoms with Crippen LogP contribution in [-0.4, -0.2) is 23.9 Å². The Morgan fingerprint density at radius 3 is 0.510 bits per heavy atom. The molecule has 0 aliphatic heterocycles. The molecule has 49 heavy (non-hydrogen) atoms. The predicted octanol–water partition coefficient (Wildman–Crippen LogP) is 6.93. The first-order valence-corrected chi connectivity index (χ1v) is 19.4. The van der Waals surface area contributed by atoms with Crippen LogP contribution in [0.2, 0.25) is 0 Å². The van der Waals surface area contributed by atoms with Crippen molar-refractivity contribution in [1.29, 1.82) is 0 Å². The second-order valence-electron chi connectivity index (χ2n) is 13.5. The van der Waals surface area contributed by atoms with Crippen LogP contribution in [-0.2, 0) is 45.4 Å². The van der Waals surface area contributed by atoms with Gasteiger partial charge < -0.3 is 39.6 Å². The number of unbranched alkanes of at least 4 members (excludes halogenated alkanes) is 4. The normalized spacial score (nSPS) is 11.3. The van der Waals surface area contributed by atoms with E-state index in [1.807, 2.05) is 55.4 Å². The molecule has 0 rings (SSSR count). The van der Waals surface area contributed by atoms with E-state index in [1.165, 1.54) is 0 Å². The molecular weight excluding hydrogens is 700 g/mol. The zero-order chi connectivity index (χ0) is 38.5. The minimum atomic E-state index is -0.874. The average Bonchev–Trinajstić information content (AvgIpc) is 3.08. The number of carboxylic acids is 4. The molecule has 0 N–H and O–H groups in total. The van der Waals surface area contributed by atoms with Crippen molar-refractivity contribution in [3.05, 3.63) is 0 Å². The van der Waals surface area contributed by atoms with Crippen LogP contribution in [0, 0.1) is 21.7 Å². The van der Waals surface area contributed by atoms with Gasteiger partial charge in [0.1, 0.15) is 0 Å². The van der Waals surface area contributed by atoms with Gasteiger partial charge in [0, 0.05) is 45.5 Å². The summed E-state index contributed by atoms with van der Waals surface area (Å²) in [6, 6.07) is 0. The summed E-state index contributed by atoms with van der Waals surface area (Å²) >= 11 is 0. The molecule has 0 spiro atoms. The standard InChI is InChI=1S/4C10H20O2.Zr/c4*1-4-7-8-10(5-2,6-3)9(11)12;/h4*4-8H2,1-3H3,(H,11,12);/q;;;;+4/p-4.